The standard InChI is InChI=1S/C23H31N5O2/c1-17-5-3-11-27(17)12-4-14-30-22-9-6-18-16-28(13-10-20(18)26-22)19-7-8-21(25-15-19)23(29)24-2/h6-9,15,17H,3-5,10-14,16H2,1-2H3,(H,24,29). The number of anilines is 1. The molecule has 0 aliphatic carbocycles. The smallest absolute Gasteiger partial charge is 0.269 e. The van der Waals surface area contributed by atoms with E-state index in [9.17, 15) is 4.79 Å². The van der Waals surface area contributed by atoms with Gasteiger partial charge < -0.3 is 19.9 Å². The maximum Gasteiger partial charge on any atom is 0.269 e. The van der Waals surface area contributed by atoms with Gasteiger partial charge in [-0.05, 0) is 50.4 Å². The summed E-state index contributed by atoms with van der Waals surface area (Å²) in [5.41, 5.74) is 3.79. The number of rotatable bonds is 7. The summed E-state index contributed by atoms with van der Waals surface area (Å²) in [6.45, 7) is 7.01. The SMILES string of the molecule is CNC(=O)c1ccc(N2CCc3nc(OCCCN4CCCC4C)ccc3C2)cn1. The van der Waals surface area contributed by atoms with Crippen molar-refractivity contribution >= 4 is 11.6 Å². The van der Waals surface area contributed by atoms with Crippen LogP contribution in [0.5, 0.6) is 5.88 Å². The minimum Gasteiger partial charge on any atom is -0.478 e. The molecule has 0 bridgehead atoms. The first-order valence-corrected chi connectivity index (χ1v) is 10.9. The zero-order chi connectivity index (χ0) is 20.9. The first-order chi connectivity index (χ1) is 14.6. The van der Waals surface area contributed by atoms with Crippen LogP contribution in [0.15, 0.2) is 30.5 Å². The minimum atomic E-state index is -0.169. The Hall–Kier alpha value is -2.67. The highest BCUT2D eigenvalue weighted by molar-refractivity contribution is 5.92. The lowest BCUT2D eigenvalue weighted by Crippen LogP contribution is -2.31. The second-order valence-electron chi connectivity index (χ2n) is 8.14. The maximum absolute atomic E-state index is 11.7. The normalized spacial score (nSPS) is 18.9. The van der Waals surface area contributed by atoms with Crippen molar-refractivity contribution in [1.29, 1.82) is 0 Å². The largest absolute Gasteiger partial charge is 0.478 e. The summed E-state index contributed by atoms with van der Waals surface area (Å²) in [6, 6.07) is 8.54. The van der Waals surface area contributed by atoms with Crippen molar-refractivity contribution in [2.75, 3.05) is 38.2 Å². The number of nitrogens with zero attached hydrogens (tertiary/aromatic N) is 4. The van der Waals surface area contributed by atoms with Gasteiger partial charge in [0.05, 0.1) is 24.2 Å². The van der Waals surface area contributed by atoms with Crippen LogP contribution in [-0.2, 0) is 13.0 Å². The molecule has 0 radical (unpaired) electrons. The predicted octanol–water partition coefficient (Wildman–Crippen LogP) is 2.65. The molecule has 2 aromatic heterocycles. The molecule has 7 nitrogen and oxygen atoms in total. The fourth-order valence-corrected chi connectivity index (χ4v) is 4.30. The molecule has 1 amide bonds. The summed E-state index contributed by atoms with van der Waals surface area (Å²) in [6.07, 6.45) is 6.31. The summed E-state index contributed by atoms with van der Waals surface area (Å²) < 4.78 is 5.93. The van der Waals surface area contributed by atoms with Gasteiger partial charge in [-0.3, -0.25) is 4.79 Å². The Morgan fingerprint density at radius 2 is 2.17 bits per heavy atom. The minimum absolute atomic E-state index is 0.169. The van der Waals surface area contributed by atoms with E-state index in [-0.39, 0.29) is 5.91 Å². The summed E-state index contributed by atoms with van der Waals surface area (Å²) in [7, 11) is 1.61. The number of hydrogen-bond donors (Lipinski definition) is 1. The lowest BCUT2D eigenvalue weighted by molar-refractivity contribution is 0.0958. The quantitative estimate of drug-likeness (QED) is 0.709. The van der Waals surface area contributed by atoms with Crippen LogP contribution in [0.25, 0.3) is 0 Å². The molecule has 4 rings (SSSR count). The molecule has 2 aromatic rings. The zero-order valence-corrected chi connectivity index (χ0v) is 17.9. The van der Waals surface area contributed by atoms with Gasteiger partial charge in [-0.1, -0.05) is 6.07 Å². The topological polar surface area (TPSA) is 70.6 Å². The van der Waals surface area contributed by atoms with Gasteiger partial charge in [0.2, 0.25) is 5.88 Å². The van der Waals surface area contributed by atoms with Gasteiger partial charge in [-0.2, -0.15) is 0 Å². The summed E-state index contributed by atoms with van der Waals surface area (Å²) >= 11 is 0. The van der Waals surface area contributed by atoms with Gasteiger partial charge in [-0.15, -0.1) is 0 Å². The molecule has 0 saturated carbocycles. The molecule has 2 aliphatic rings. The van der Waals surface area contributed by atoms with Crippen molar-refractivity contribution in [3.05, 3.63) is 47.4 Å². The lowest BCUT2D eigenvalue weighted by Gasteiger charge is -2.30. The van der Waals surface area contributed by atoms with Crippen molar-refractivity contribution in [2.24, 2.45) is 0 Å². The van der Waals surface area contributed by atoms with E-state index in [2.05, 4.69) is 33.1 Å². The number of nitrogens with one attached hydrogen (secondary N) is 1. The average Bonchev–Trinajstić information content (AvgIpc) is 3.20. The number of carbonyl (C=O) groups excluding carboxylic acids is 1. The van der Waals surface area contributed by atoms with Crippen molar-refractivity contribution in [3.63, 3.8) is 0 Å². The van der Waals surface area contributed by atoms with Gasteiger partial charge >= 0.3 is 0 Å². The number of likely N-dealkylation sites (tertiary alicyclic amines) is 1. The Kier molecular flexibility index (Phi) is 6.47. The van der Waals surface area contributed by atoms with E-state index in [1.165, 1.54) is 24.9 Å². The fourth-order valence-electron chi connectivity index (χ4n) is 4.30. The Morgan fingerprint density at radius 3 is 2.90 bits per heavy atom. The van der Waals surface area contributed by atoms with Gasteiger partial charge in [0.15, 0.2) is 0 Å². The van der Waals surface area contributed by atoms with E-state index >= 15 is 0 Å². The number of carbonyl (C=O) groups is 1. The molecule has 7 heteroatoms. The lowest BCUT2D eigenvalue weighted by atomic mass is 10.1. The van der Waals surface area contributed by atoms with E-state index in [4.69, 9.17) is 9.72 Å². The summed E-state index contributed by atoms with van der Waals surface area (Å²) in [5.74, 6) is 0.561. The summed E-state index contributed by atoms with van der Waals surface area (Å²) in [4.78, 5) is 25.5. The molecular weight excluding hydrogens is 378 g/mol. The van der Waals surface area contributed by atoms with Crippen LogP contribution in [0.2, 0.25) is 0 Å². The number of fused-ring (bicyclic) bond motifs is 1. The van der Waals surface area contributed by atoms with Gasteiger partial charge in [0.1, 0.15) is 5.69 Å². The van der Waals surface area contributed by atoms with E-state index < -0.39 is 0 Å². The molecular formula is C23H31N5O2. The molecule has 1 N–H and O–H groups in total. The third-order valence-corrected chi connectivity index (χ3v) is 6.13. The fraction of sp³-hybridized carbons (Fsp3) is 0.522. The number of pyridine rings is 2. The number of hydrogen-bond acceptors (Lipinski definition) is 6. The average molecular weight is 410 g/mol. The van der Waals surface area contributed by atoms with E-state index in [0.717, 1.165) is 49.7 Å². The molecule has 1 fully saturated rings. The third kappa shape index (κ3) is 4.73. The zero-order valence-electron chi connectivity index (χ0n) is 17.9. The van der Waals surface area contributed by atoms with Crippen LogP contribution in [0, 0.1) is 0 Å². The number of amides is 1. The van der Waals surface area contributed by atoms with Crippen molar-refractivity contribution in [3.8, 4) is 5.88 Å². The Morgan fingerprint density at radius 1 is 1.27 bits per heavy atom. The molecule has 30 heavy (non-hydrogen) atoms. The molecule has 4 heterocycles. The van der Waals surface area contributed by atoms with Crippen LogP contribution < -0.4 is 15.0 Å². The number of aromatic nitrogens is 2. The van der Waals surface area contributed by atoms with Crippen molar-refractivity contribution in [1.82, 2.24) is 20.2 Å². The monoisotopic (exact) mass is 409 g/mol. The molecule has 1 unspecified atom stereocenters. The second kappa shape index (κ2) is 9.43. The highest BCUT2D eigenvalue weighted by Gasteiger charge is 2.20. The van der Waals surface area contributed by atoms with E-state index in [0.29, 0.717) is 18.3 Å². The van der Waals surface area contributed by atoms with E-state index in [1.54, 1.807) is 19.3 Å². The van der Waals surface area contributed by atoms with Gasteiger partial charge in [0, 0.05) is 45.2 Å². The maximum atomic E-state index is 11.7. The first-order valence-electron chi connectivity index (χ1n) is 10.9. The Labute approximate surface area is 178 Å². The summed E-state index contributed by atoms with van der Waals surface area (Å²) in [5, 5.41) is 2.60. The number of ether oxygens (including phenoxy) is 1. The van der Waals surface area contributed by atoms with Crippen LogP contribution in [-0.4, -0.2) is 60.1 Å². The van der Waals surface area contributed by atoms with Crippen molar-refractivity contribution < 1.29 is 9.53 Å². The highest BCUT2D eigenvalue weighted by Crippen LogP contribution is 2.25. The van der Waals surface area contributed by atoms with Gasteiger partial charge in [0.25, 0.3) is 5.91 Å². The predicted molar refractivity (Wildman–Crippen MR) is 117 cm³/mol. The molecule has 0 aromatic carbocycles. The van der Waals surface area contributed by atoms with Crippen molar-refractivity contribution in [2.45, 2.75) is 45.2 Å². The van der Waals surface area contributed by atoms with Crippen LogP contribution in [0.1, 0.15) is 47.9 Å². The van der Waals surface area contributed by atoms with Crippen LogP contribution >= 0.6 is 0 Å². The Balaban J connectivity index is 1.30. The van der Waals surface area contributed by atoms with Crippen LogP contribution in [0.3, 0.4) is 0 Å². The molecule has 160 valence electrons. The molecule has 1 saturated heterocycles. The molecule has 2 aliphatic heterocycles. The Bertz CT molecular complexity index is 870. The molecule has 1 atom stereocenters. The third-order valence-electron chi connectivity index (χ3n) is 6.13. The molecule has 0 spiro atoms. The highest BCUT2D eigenvalue weighted by atomic mass is 16.5. The first kappa shape index (κ1) is 20.6. The second-order valence-corrected chi connectivity index (χ2v) is 8.14. The van der Waals surface area contributed by atoms with Gasteiger partial charge in [-0.25, -0.2) is 9.97 Å². The van der Waals surface area contributed by atoms with E-state index in [1.807, 2.05) is 12.1 Å². The van der Waals surface area contributed by atoms with Crippen LogP contribution in [0.4, 0.5) is 5.69 Å².